The summed E-state index contributed by atoms with van der Waals surface area (Å²) in [4.78, 5) is 15.4. The van der Waals surface area contributed by atoms with Crippen LogP contribution in [0.3, 0.4) is 0 Å². The van der Waals surface area contributed by atoms with Crippen LogP contribution in [0.1, 0.15) is 15.9 Å². The maximum Gasteiger partial charge on any atom is 0.253 e. The topological polar surface area (TPSA) is 271 Å². The molecule has 11 N–H and O–H groups in total. The van der Waals surface area contributed by atoms with Crippen LogP contribution in [0.25, 0.3) is 11.1 Å². The normalized spacial score (nSPS) is 14.4. The van der Waals surface area contributed by atoms with Crippen LogP contribution in [0, 0.1) is 0 Å². The highest BCUT2D eigenvalue weighted by Gasteiger charge is 2.33. The number of primary sulfonamides is 1. The third kappa shape index (κ3) is 6.16. The van der Waals surface area contributed by atoms with E-state index in [0.717, 1.165) is 6.07 Å². The lowest BCUT2D eigenvalue weighted by Crippen LogP contribution is -2.39. The van der Waals surface area contributed by atoms with Gasteiger partial charge in [-0.25, -0.2) is 31.7 Å². The van der Waals surface area contributed by atoms with Crippen molar-refractivity contribution in [2.45, 2.75) is 15.8 Å². The number of benzene rings is 2. The van der Waals surface area contributed by atoms with E-state index in [4.69, 9.17) is 27.4 Å². The second-order valence-electron chi connectivity index (χ2n) is 7.83. The number of sulfonamides is 2. The fraction of sp³-hybridized carbons (Fsp3) is 0.300. The third-order valence-electron chi connectivity index (χ3n) is 5.21. The average Bonchev–Trinajstić information content (AvgIpc) is 3.39. The van der Waals surface area contributed by atoms with E-state index >= 15 is 0 Å². The molecule has 0 aliphatic carbocycles. The number of nitrogens with one attached hydrogen (secondary N) is 2. The highest BCUT2D eigenvalue weighted by molar-refractivity contribution is 7.92. The summed E-state index contributed by atoms with van der Waals surface area (Å²) in [6.45, 7) is -0.691. The van der Waals surface area contributed by atoms with E-state index in [1.165, 1.54) is 24.3 Å². The van der Waals surface area contributed by atoms with Crippen LogP contribution < -0.4 is 32.4 Å². The number of nitrogens with two attached hydrogens (primary N) is 4. The van der Waals surface area contributed by atoms with E-state index in [9.17, 15) is 21.6 Å². The van der Waals surface area contributed by atoms with Crippen molar-refractivity contribution in [1.82, 2.24) is 10.0 Å². The smallest absolute Gasteiger partial charge is 0.253 e. The Morgan fingerprint density at radius 1 is 1.14 bits per heavy atom. The molecule has 1 heterocycles. The first-order chi connectivity index (χ1) is 17.4. The van der Waals surface area contributed by atoms with Crippen molar-refractivity contribution in [2.75, 3.05) is 38.6 Å². The van der Waals surface area contributed by atoms with Gasteiger partial charge < -0.3 is 27.6 Å². The number of aliphatic hydroxyl groups excluding tert-OH is 1. The van der Waals surface area contributed by atoms with Crippen molar-refractivity contribution < 1.29 is 26.7 Å². The molecule has 1 amide bonds. The zero-order chi connectivity index (χ0) is 27.4. The number of rotatable bonds is 11. The number of aliphatic imine (C=N–C) groups is 1. The zero-order valence-corrected chi connectivity index (χ0v) is 21.1. The number of nitrogen functional groups attached to an aromatic ring is 1. The summed E-state index contributed by atoms with van der Waals surface area (Å²) in [7, 11) is -9.07. The average molecular weight is 554 g/mol. The summed E-state index contributed by atoms with van der Waals surface area (Å²) in [6, 6.07) is 6.11. The standard InChI is InChI=1S/C20H27N9O6S2/c21-6-7-28-37(34,35)15-5-4-12(16(18(15)36(24,32)33)19-26-10-27-29-19)13-2-1-3-14(17(13)23)20(31)25-8-11(22)9-30/h1-5,11,28,30H,6-10,21-23H2,(H,25,31)(H2,24,32,33)/t11-/m0/s1. The lowest BCUT2D eigenvalue weighted by molar-refractivity contribution is 0.0948. The monoisotopic (exact) mass is 553 g/mol. The summed E-state index contributed by atoms with van der Waals surface area (Å²) >= 11 is 0. The van der Waals surface area contributed by atoms with Crippen LogP contribution in [-0.2, 0) is 20.0 Å². The number of amides is 1. The molecule has 1 aliphatic rings. The van der Waals surface area contributed by atoms with Gasteiger partial charge in [0.05, 0.1) is 23.4 Å². The molecule has 15 nitrogen and oxygen atoms in total. The van der Waals surface area contributed by atoms with Crippen molar-refractivity contribution in [3.8, 4) is 11.1 Å². The largest absolute Gasteiger partial charge is 0.398 e. The van der Waals surface area contributed by atoms with E-state index in [1.807, 2.05) is 0 Å². The SMILES string of the molecule is NCCNS(=O)(=O)c1ccc(-c2cccc(C(=O)NC[C@H](N)CO)c2N)c(C2=NCN=N2)c1S(N)(=O)=O. The lowest BCUT2D eigenvalue weighted by Gasteiger charge is -2.19. The summed E-state index contributed by atoms with van der Waals surface area (Å²) in [5, 5.41) is 24.7. The molecule has 0 fully saturated rings. The van der Waals surface area contributed by atoms with Gasteiger partial charge in [0.15, 0.2) is 12.5 Å². The molecule has 37 heavy (non-hydrogen) atoms. The molecule has 0 unspecified atom stereocenters. The first-order valence-corrected chi connectivity index (χ1v) is 13.8. The van der Waals surface area contributed by atoms with Gasteiger partial charge in [-0.2, -0.15) is 5.11 Å². The number of azo groups is 1. The van der Waals surface area contributed by atoms with Crippen molar-refractivity contribution in [3.05, 3.63) is 41.5 Å². The number of amidine groups is 1. The maximum atomic E-state index is 12.9. The van der Waals surface area contributed by atoms with Crippen LogP contribution in [0.2, 0.25) is 0 Å². The molecule has 2 aromatic rings. The Balaban J connectivity index is 2.29. The van der Waals surface area contributed by atoms with Gasteiger partial charge >= 0.3 is 0 Å². The number of carbonyl (C=O) groups excluding carboxylic acids is 1. The quantitative estimate of drug-likeness (QED) is 0.152. The van der Waals surface area contributed by atoms with Crippen molar-refractivity contribution >= 4 is 37.5 Å². The fourth-order valence-corrected chi connectivity index (χ4v) is 6.16. The molecule has 200 valence electrons. The number of aliphatic hydroxyl groups is 1. The van der Waals surface area contributed by atoms with E-state index in [-0.39, 0.29) is 66.7 Å². The number of nitrogens with zero attached hydrogens (tertiary/aromatic N) is 3. The van der Waals surface area contributed by atoms with E-state index in [0.29, 0.717) is 0 Å². The second kappa shape index (κ2) is 11.4. The Labute approximate surface area is 213 Å². The van der Waals surface area contributed by atoms with Gasteiger partial charge in [-0.3, -0.25) is 4.79 Å². The molecule has 3 rings (SSSR count). The number of para-hydroxylation sites is 1. The summed E-state index contributed by atoms with van der Waals surface area (Å²) < 4.78 is 53.7. The van der Waals surface area contributed by atoms with Gasteiger partial charge in [-0.15, -0.1) is 5.11 Å². The molecule has 17 heteroatoms. The molecule has 0 spiro atoms. The van der Waals surface area contributed by atoms with Gasteiger partial charge in [0.1, 0.15) is 9.79 Å². The molecule has 0 radical (unpaired) electrons. The number of carbonyl (C=O) groups is 1. The first kappa shape index (κ1) is 28.3. The molecule has 0 saturated carbocycles. The van der Waals surface area contributed by atoms with Gasteiger partial charge in [0.25, 0.3) is 5.91 Å². The summed E-state index contributed by atoms with van der Waals surface area (Å²) in [5.74, 6) is -0.780. The predicted octanol–water partition coefficient (Wildman–Crippen LogP) is -1.96. The number of anilines is 1. The van der Waals surface area contributed by atoms with Gasteiger partial charge in [0.2, 0.25) is 20.0 Å². The molecule has 2 aromatic carbocycles. The fourth-order valence-electron chi connectivity index (χ4n) is 3.51. The van der Waals surface area contributed by atoms with E-state index in [1.54, 1.807) is 0 Å². The Kier molecular flexibility index (Phi) is 8.69. The van der Waals surface area contributed by atoms with E-state index < -0.39 is 41.8 Å². The van der Waals surface area contributed by atoms with Crippen molar-refractivity contribution in [2.24, 2.45) is 31.8 Å². The van der Waals surface area contributed by atoms with Crippen LogP contribution in [0.5, 0.6) is 0 Å². The van der Waals surface area contributed by atoms with Crippen LogP contribution in [0.15, 0.2) is 55.3 Å². The molecule has 0 saturated heterocycles. The van der Waals surface area contributed by atoms with Crippen LogP contribution in [0.4, 0.5) is 5.69 Å². The van der Waals surface area contributed by atoms with Crippen LogP contribution >= 0.6 is 0 Å². The third-order valence-corrected chi connectivity index (χ3v) is 7.83. The van der Waals surface area contributed by atoms with E-state index in [2.05, 4.69) is 25.3 Å². The Morgan fingerprint density at radius 3 is 2.46 bits per heavy atom. The summed E-state index contributed by atoms with van der Waals surface area (Å²) in [6.07, 6.45) is 0. The highest BCUT2D eigenvalue weighted by Crippen LogP contribution is 2.38. The Morgan fingerprint density at radius 2 is 1.86 bits per heavy atom. The highest BCUT2D eigenvalue weighted by atomic mass is 32.2. The second-order valence-corrected chi connectivity index (χ2v) is 11.1. The predicted molar refractivity (Wildman–Crippen MR) is 136 cm³/mol. The molecule has 1 aliphatic heterocycles. The molecule has 0 aromatic heterocycles. The van der Waals surface area contributed by atoms with Crippen LogP contribution in [-0.4, -0.2) is 72.6 Å². The first-order valence-electron chi connectivity index (χ1n) is 10.8. The van der Waals surface area contributed by atoms with Gasteiger partial charge in [0, 0.05) is 31.2 Å². The Hall–Kier alpha value is -3.32. The zero-order valence-electron chi connectivity index (χ0n) is 19.5. The number of hydrogen-bond acceptors (Lipinski definition) is 12. The molecule has 0 bridgehead atoms. The minimum absolute atomic E-state index is 0.0284. The minimum Gasteiger partial charge on any atom is -0.398 e. The molecular weight excluding hydrogens is 526 g/mol. The van der Waals surface area contributed by atoms with Gasteiger partial charge in [-0.1, -0.05) is 18.2 Å². The number of hydrogen-bond donors (Lipinski definition) is 7. The maximum absolute atomic E-state index is 12.9. The van der Waals surface area contributed by atoms with Crippen molar-refractivity contribution in [1.29, 1.82) is 0 Å². The Bertz CT molecular complexity index is 1470. The van der Waals surface area contributed by atoms with Crippen molar-refractivity contribution in [3.63, 3.8) is 0 Å². The lowest BCUT2D eigenvalue weighted by atomic mass is 9.95. The minimum atomic E-state index is -4.69. The molecular formula is C20H27N9O6S2. The summed E-state index contributed by atoms with van der Waals surface area (Å²) in [5.41, 5.74) is 17.3. The van der Waals surface area contributed by atoms with Gasteiger partial charge in [-0.05, 0) is 17.7 Å². The molecule has 1 atom stereocenters.